The van der Waals surface area contributed by atoms with E-state index in [0.717, 1.165) is 47.1 Å². The standard InChI is InChI=1S/C30H30Cl2N4O5S/c1-14(2)40-22-8-16(29(37)38)9-24-27(22)34-30(42-24)36-11-18-21(13-39-23(18)12-36)33-10-17-26(35-41-28(17)15-6-7-15)25-19(31)4-3-5-20(25)32/h3-5,8-9,14-15,18,21,23,33H,6-7,10-13H2,1-2H3,(H,37,38)/t18-,21+,23-/m0/s1. The molecule has 2 aromatic heterocycles. The maximum Gasteiger partial charge on any atom is 0.335 e. The fraction of sp³-hybridized carbons (Fsp3) is 0.433. The lowest BCUT2D eigenvalue weighted by Crippen LogP contribution is -2.38. The highest BCUT2D eigenvalue weighted by Crippen LogP contribution is 2.46. The number of hydrogen-bond acceptors (Lipinski definition) is 9. The maximum absolute atomic E-state index is 11.7. The number of aromatic nitrogens is 2. The number of aromatic carboxylic acids is 1. The Morgan fingerprint density at radius 3 is 2.74 bits per heavy atom. The van der Waals surface area contributed by atoms with Gasteiger partial charge in [0.05, 0.1) is 39.1 Å². The number of hydrogen-bond donors (Lipinski definition) is 2. The molecule has 2 aromatic carbocycles. The molecule has 3 fully saturated rings. The molecule has 0 unspecified atom stereocenters. The zero-order valence-electron chi connectivity index (χ0n) is 23.1. The molecule has 1 aliphatic carbocycles. The third kappa shape index (κ3) is 5.13. The van der Waals surface area contributed by atoms with Crippen molar-refractivity contribution in [2.24, 2.45) is 5.92 Å². The van der Waals surface area contributed by atoms with Gasteiger partial charge in [-0.05, 0) is 51.0 Å². The van der Waals surface area contributed by atoms with Gasteiger partial charge in [-0.2, -0.15) is 0 Å². The normalized spacial score (nSPS) is 21.9. The van der Waals surface area contributed by atoms with Crippen LogP contribution in [0.4, 0.5) is 5.13 Å². The average molecular weight is 630 g/mol. The highest BCUT2D eigenvalue weighted by Gasteiger charge is 2.45. The second-order valence-corrected chi connectivity index (χ2v) is 13.3. The van der Waals surface area contributed by atoms with Gasteiger partial charge in [0.15, 0.2) is 5.13 Å². The van der Waals surface area contributed by atoms with Crippen LogP contribution in [-0.4, -0.2) is 59.2 Å². The number of rotatable bonds is 9. The van der Waals surface area contributed by atoms with Gasteiger partial charge in [0, 0.05) is 48.6 Å². The molecule has 2 saturated heterocycles. The maximum atomic E-state index is 11.7. The predicted octanol–water partition coefficient (Wildman–Crippen LogP) is 6.61. The number of carboxylic acids is 1. The van der Waals surface area contributed by atoms with Crippen molar-refractivity contribution in [3.05, 3.63) is 57.3 Å². The van der Waals surface area contributed by atoms with Crippen LogP contribution in [-0.2, 0) is 11.3 Å². The summed E-state index contributed by atoms with van der Waals surface area (Å²) < 4.78 is 18.8. The van der Waals surface area contributed by atoms with E-state index >= 15 is 0 Å². The first kappa shape index (κ1) is 27.9. The molecular formula is C30H30Cl2N4O5S. The summed E-state index contributed by atoms with van der Waals surface area (Å²) in [6.07, 6.45) is 2.14. The van der Waals surface area contributed by atoms with Crippen molar-refractivity contribution in [2.75, 3.05) is 24.6 Å². The number of benzene rings is 2. The van der Waals surface area contributed by atoms with E-state index < -0.39 is 5.97 Å². The van der Waals surface area contributed by atoms with Gasteiger partial charge in [-0.15, -0.1) is 0 Å². The SMILES string of the molecule is CC(C)Oc1cc(C(=O)O)cc2sc(N3C[C@@H]4[C@H](C3)OC[C@H]4NCc3c(-c4c(Cl)cccc4Cl)noc3C3CC3)nc12. The molecule has 3 aliphatic rings. The van der Waals surface area contributed by atoms with Crippen LogP contribution in [0.1, 0.15) is 54.3 Å². The molecule has 7 rings (SSSR count). The van der Waals surface area contributed by atoms with Crippen LogP contribution in [0.3, 0.4) is 0 Å². The van der Waals surface area contributed by atoms with Crippen molar-refractivity contribution in [1.29, 1.82) is 0 Å². The van der Waals surface area contributed by atoms with Gasteiger partial charge in [-0.25, -0.2) is 9.78 Å². The summed E-state index contributed by atoms with van der Waals surface area (Å²) in [7, 11) is 0. The van der Waals surface area contributed by atoms with E-state index in [2.05, 4.69) is 15.4 Å². The minimum Gasteiger partial charge on any atom is -0.489 e. The first-order valence-electron chi connectivity index (χ1n) is 14.1. The smallest absolute Gasteiger partial charge is 0.335 e. The van der Waals surface area contributed by atoms with Crippen LogP contribution >= 0.6 is 34.5 Å². The molecular weight excluding hydrogens is 599 g/mol. The summed E-state index contributed by atoms with van der Waals surface area (Å²) in [6.45, 7) is 6.50. The summed E-state index contributed by atoms with van der Waals surface area (Å²) in [5.74, 6) is 1.05. The zero-order valence-corrected chi connectivity index (χ0v) is 25.4. The lowest BCUT2D eigenvalue weighted by Gasteiger charge is -2.20. The lowest BCUT2D eigenvalue weighted by atomic mass is 9.99. The number of nitrogens with zero attached hydrogens (tertiary/aromatic N) is 3. The molecule has 0 spiro atoms. The number of nitrogens with one attached hydrogen (secondary N) is 1. The first-order valence-corrected chi connectivity index (χ1v) is 15.7. The van der Waals surface area contributed by atoms with E-state index in [1.54, 1.807) is 12.1 Å². The number of thiazole rings is 1. The molecule has 4 aromatic rings. The van der Waals surface area contributed by atoms with E-state index in [4.69, 9.17) is 42.2 Å². The Kier molecular flexibility index (Phi) is 7.30. The molecule has 3 atom stereocenters. The van der Waals surface area contributed by atoms with Crippen LogP contribution in [0.2, 0.25) is 10.0 Å². The first-order chi connectivity index (χ1) is 20.3. The minimum atomic E-state index is -0.990. The number of carboxylic acid groups (broad SMARTS) is 1. The predicted molar refractivity (Wildman–Crippen MR) is 162 cm³/mol. The van der Waals surface area contributed by atoms with Gasteiger partial charge in [-0.3, -0.25) is 0 Å². The fourth-order valence-corrected chi connectivity index (χ4v) is 7.60. The van der Waals surface area contributed by atoms with Crippen molar-refractivity contribution in [3.8, 4) is 17.0 Å². The molecule has 220 valence electrons. The van der Waals surface area contributed by atoms with Crippen molar-refractivity contribution in [1.82, 2.24) is 15.5 Å². The van der Waals surface area contributed by atoms with E-state index in [0.29, 0.717) is 51.6 Å². The minimum absolute atomic E-state index is 0.0679. The third-order valence-electron chi connectivity index (χ3n) is 8.15. The molecule has 2 aliphatic heterocycles. The Bertz CT molecular complexity index is 1650. The Labute approximate surface area is 256 Å². The largest absolute Gasteiger partial charge is 0.489 e. The third-order valence-corrected chi connectivity index (χ3v) is 9.84. The average Bonchev–Trinajstić information content (AvgIpc) is 3.26. The molecule has 1 saturated carbocycles. The van der Waals surface area contributed by atoms with E-state index in [9.17, 15) is 9.90 Å². The van der Waals surface area contributed by atoms with E-state index in [1.807, 2.05) is 32.0 Å². The highest BCUT2D eigenvalue weighted by molar-refractivity contribution is 7.22. The number of ether oxygens (including phenoxy) is 2. The highest BCUT2D eigenvalue weighted by atomic mass is 35.5. The topological polar surface area (TPSA) is 110 Å². The molecule has 4 heterocycles. The van der Waals surface area contributed by atoms with Gasteiger partial charge in [-0.1, -0.05) is 45.8 Å². The molecule has 42 heavy (non-hydrogen) atoms. The Morgan fingerprint density at radius 1 is 1.24 bits per heavy atom. The van der Waals surface area contributed by atoms with Crippen LogP contribution < -0.4 is 15.0 Å². The quantitative estimate of drug-likeness (QED) is 0.211. The summed E-state index contributed by atoms with van der Waals surface area (Å²) in [6, 6.07) is 8.81. The lowest BCUT2D eigenvalue weighted by molar-refractivity contribution is 0.0696. The van der Waals surface area contributed by atoms with Crippen LogP contribution in [0.25, 0.3) is 21.5 Å². The van der Waals surface area contributed by atoms with Crippen molar-refractivity contribution >= 4 is 55.9 Å². The van der Waals surface area contributed by atoms with Crippen molar-refractivity contribution in [3.63, 3.8) is 0 Å². The second-order valence-electron chi connectivity index (χ2n) is 11.5. The van der Waals surface area contributed by atoms with Crippen LogP contribution in [0.5, 0.6) is 5.75 Å². The van der Waals surface area contributed by atoms with Crippen LogP contribution in [0, 0.1) is 5.92 Å². The summed E-state index contributed by atoms with van der Waals surface area (Å²) in [5.41, 5.74) is 3.27. The van der Waals surface area contributed by atoms with Gasteiger partial charge in [0.25, 0.3) is 0 Å². The molecule has 12 heteroatoms. The molecule has 0 amide bonds. The Hall–Kier alpha value is -2.89. The molecule has 2 N–H and O–H groups in total. The van der Waals surface area contributed by atoms with Crippen LogP contribution in [0.15, 0.2) is 34.9 Å². The second kappa shape index (κ2) is 11.0. The number of halogens is 2. The van der Waals surface area contributed by atoms with Gasteiger partial charge in [0.2, 0.25) is 0 Å². The Balaban J connectivity index is 1.11. The summed E-state index contributed by atoms with van der Waals surface area (Å²) >= 11 is 14.6. The molecule has 9 nitrogen and oxygen atoms in total. The monoisotopic (exact) mass is 628 g/mol. The van der Waals surface area contributed by atoms with E-state index in [1.165, 1.54) is 11.3 Å². The number of carbonyl (C=O) groups is 1. The van der Waals surface area contributed by atoms with Gasteiger partial charge < -0.3 is 29.3 Å². The van der Waals surface area contributed by atoms with Crippen molar-refractivity contribution < 1.29 is 23.9 Å². The number of fused-ring (bicyclic) bond motifs is 2. The summed E-state index contributed by atoms with van der Waals surface area (Å²) in [5, 5.41) is 19.7. The zero-order chi connectivity index (χ0) is 29.1. The fourth-order valence-electron chi connectivity index (χ4n) is 5.98. The van der Waals surface area contributed by atoms with E-state index in [-0.39, 0.29) is 29.7 Å². The molecule has 0 bridgehead atoms. The number of anilines is 1. The van der Waals surface area contributed by atoms with Crippen molar-refractivity contribution in [2.45, 2.75) is 57.4 Å². The van der Waals surface area contributed by atoms with Gasteiger partial charge >= 0.3 is 5.97 Å². The van der Waals surface area contributed by atoms with Gasteiger partial charge in [0.1, 0.15) is 22.7 Å². The molecule has 0 radical (unpaired) electrons. The Morgan fingerprint density at radius 2 is 2.02 bits per heavy atom. The summed E-state index contributed by atoms with van der Waals surface area (Å²) in [4.78, 5) is 18.9.